The monoisotopic (exact) mass is 513 g/mol. The predicted molar refractivity (Wildman–Crippen MR) is 135 cm³/mol. The Morgan fingerprint density at radius 1 is 1.26 bits per heavy atom. The Hall–Kier alpha value is -2.92. The molecule has 2 aliphatic rings. The number of dihydropyridines is 1. The zero-order valence-electron chi connectivity index (χ0n) is 18.3. The number of hydrogen-bond acceptors (Lipinski definition) is 6. The zero-order chi connectivity index (χ0) is 24.2. The molecule has 0 fully saturated rings. The minimum atomic E-state index is -0.635. The van der Waals surface area contributed by atoms with Gasteiger partial charge in [0.05, 0.1) is 45.5 Å². The fourth-order valence-electron chi connectivity index (χ4n) is 4.13. The summed E-state index contributed by atoms with van der Waals surface area (Å²) >= 11 is 14.0. The van der Waals surface area contributed by atoms with E-state index < -0.39 is 5.92 Å². The summed E-state index contributed by atoms with van der Waals surface area (Å²) in [4.78, 5) is 25.5. The molecule has 0 aromatic heterocycles. The minimum absolute atomic E-state index is 0.0117. The molecule has 1 amide bonds. The molecule has 9 heteroatoms. The van der Waals surface area contributed by atoms with Gasteiger partial charge in [-0.25, -0.2) is 0 Å². The molecule has 1 heterocycles. The van der Waals surface area contributed by atoms with Gasteiger partial charge in [-0.1, -0.05) is 53.2 Å². The number of nitrogens with zero attached hydrogens (tertiary/aromatic N) is 1. The Kier molecular flexibility index (Phi) is 7.52. The summed E-state index contributed by atoms with van der Waals surface area (Å²) in [5.74, 6) is -0.179. The number of thioether (sulfide) groups is 1. The van der Waals surface area contributed by atoms with Crippen molar-refractivity contribution in [2.75, 3.05) is 18.2 Å². The quantitative estimate of drug-likeness (QED) is 0.506. The highest BCUT2D eigenvalue weighted by Gasteiger charge is 2.38. The number of rotatable bonds is 6. The van der Waals surface area contributed by atoms with E-state index >= 15 is 0 Å². The lowest BCUT2D eigenvalue weighted by atomic mass is 9.77. The topological polar surface area (TPSA) is 91.2 Å². The lowest BCUT2D eigenvalue weighted by Crippen LogP contribution is -2.32. The lowest BCUT2D eigenvalue weighted by Gasteiger charge is -2.33. The third-order valence-electron chi connectivity index (χ3n) is 5.66. The second-order valence-corrected chi connectivity index (χ2v) is 9.56. The average Bonchev–Trinajstić information content (AvgIpc) is 2.84. The normalized spacial score (nSPS) is 17.6. The second kappa shape index (κ2) is 10.6. The summed E-state index contributed by atoms with van der Waals surface area (Å²) in [7, 11) is 1.56. The maximum Gasteiger partial charge on any atom is 0.234 e. The Bertz CT molecular complexity index is 1270. The van der Waals surface area contributed by atoms with Gasteiger partial charge in [0.15, 0.2) is 5.78 Å². The molecular formula is C25H21Cl2N3O3S. The molecule has 0 bridgehead atoms. The number of amides is 1. The number of nitriles is 1. The van der Waals surface area contributed by atoms with Crippen molar-refractivity contribution < 1.29 is 14.3 Å². The first-order chi connectivity index (χ1) is 16.4. The second-order valence-electron chi connectivity index (χ2n) is 7.79. The van der Waals surface area contributed by atoms with Crippen molar-refractivity contribution in [3.8, 4) is 11.8 Å². The molecule has 0 radical (unpaired) electrons. The van der Waals surface area contributed by atoms with Gasteiger partial charge in [-0.2, -0.15) is 5.26 Å². The molecule has 2 N–H and O–H groups in total. The highest BCUT2D eigenvalue weighted by atomic mass is 35.5. The predicted octanol–water partition coefficient (Wildman–Crippen LogP) is 5.80. The molecular weight excluding hydrogens is 493 g/mol. The number of ketones is 1. The van der Waals surface area contributed by atoms with Crippen LogP contribution < -0.4 is 15.4 Å². The SMILES string of the molecule is COc1cccc(NC(=O)CSC2=C(C#N)[C@H](c3cccc(Cl)c3Cl)C3=C(CCCC3=O)N2)c1. The molecule has 0 saturated carbocycles. The molecule has 2 aromatic carbocycles. The first-order valence-electron chi connectivity index (χ1n) is 10.6. The van der Waals surface area contributed by atoms with Crippen LogP contribution in [0.25, 0.3) is 0 Å². The number of halogens is 2. The lowest BCUT2D eigenvalue weighted by molar-refractivity contribution is -0.116. The first kappa shape index (κ1) is 24.2. The number of ether oxygens (including phenoxy) is 1. The van der Waals surface area contributed by atoms with E-state index in [2.05, 4.69) is 16.7 Å². The van der Waals surface area contributed by atoms with E-state index in [1.54, 1.807) is 49.6 Å². The van der Waals surface area contributed by atoms with Crippen LogP contribution in [0.3, 0.4) is 0 Å². The maximum absolute atomic E-state index is 12.9. The Morgan fingerprint density at radius 2 is 2.06 bits per heavy atom. The van der Waals surface area contributed by atoms with Gasteiger partial charge in [-0.3, -0.25) is 9.59 Å². The van der Waals surface area contributed by atoms with Crippen LogP contribution in [0.4, 0.5) is 5.69 Å². The number of methoxy groups -OCH3 is 1. The summed E-state index contributed by atoms with van der Waals surface area (Å²) in [5.41, 5.74) is 2.89. The summed E-state index contributed by atoms with van der Waals surface area (Å²) < 4.78 is 5.19. The van der Waals surface area contributed by atoms with Crippen molar-refractivity contribution in [3.05, 3.63) is 79.9 Å². The number of benzene rings is 2. The van der Waals surface area contributed by atoms with Gasteiger partial charge >= 0.3 is 0 Å². The number of carbonyl (C=O) groups is 2. The van der Waals surface area contributed by atoms with Gasteiger partial charge in [-0.15, -0.1) is 0 Å². The molecule has 1 aliphatic carbocycles. The van der Waals surface area contributed by atoms with Crippen LogP contribution in [0, 0.1) is 11.3 Å². The van der Waals surface area contributed by atoms with E-state index in [9.17, 15) is 14.9 Å². The van der Waals surface area contributed by atoms with Crippen LogP contribution in [0.1, 0.15) is 30.7 Å². The van der Waals surface area contributed by atoms with Crippen LogP contribution in [-0.4, -0.2) is 24.6 Å². The van der Waals surface area contributed by atoms with Gasteiger partial charge < -0.3 is 15.4 Å². The molecule has 174 valence electrons. The number of Topliss-reactive ketones (excluding diaryl/α,β-unsaturated/α-hetero) is 1. The van der Waals surface area contributed by atoms with E-state index in [1.165, 1.54) is 11.8 Å². The average molecular weight is 514 g/mol. The summed E-state index contributed by atoms with van der Waals surface area (Å²) in [5, 5.41) is 17.4. The summed E-state index contributed by atoms with van der Waals surface area (Å²) in [6.07, 6.45) is 1.81. The molecule has 4 rings (SSSR count). The van der Waals surface area contributed by atoms with Gasteiger partial charge in [0.2, 0.25) is 5.91 Å². The van der Waals surface area contributed by atoms with Crippen molar-refractivity contribution in [1.29, 1.82) is 5.26 Å². The highest BCUT2D eigenvalue weighted by Crippen LogP contribution is 2.46. The smallest absolute Gasteiger partial charge is 0.234 e. The van der Waals surface area contributed by atoms with Crippen molar-refractivity contribution in [1.82, 2.24) is 5.32 Å². The van der Waals surface area contributed by atoms with Gasteiger partial charge in [0.1, 0.15) is 5.75 Å². The van der Waals surface area contributed by atoms with Gasteiger partial charge in [0.25, 0.3) is 0 Å². The molecule has 1 aliphatic heterocycles. The van der Waals surface area contributed by atoms with Crippen LogP contribution in [-0.2, 0) is 9.59 Å². The van der Waals surface area contributed by atoms with E-state index in [-0.39, 0.29) is 17.4 Å². The molecule has 34 heavy (non-hydrogen) atoms. The molecule has 1 atom stereocenters. The standard InChI is InChI=1S/C25H21Cl2N3O3S/c1-33-15-6-2-5-14(11-15)29-21(32)13-34-25-17(12-28)22(16-7-3-8-18(26)24(16)27)23-19(30-25)9-4-10-20(23)31/h2-3,5-8,11,22,30H,4,9-10,13H2,1H3,(H,29,32)/t22-/m0/s1. The number of carbonyl (C=O) groups excluding carboxylic acids is 2. The van der Waals surface area contributed by atoms with Crippen molar-refractivity contribution in [3.63, 3.8) is 0 Å². The number of nitrogens with one attached hydrogen (secondary N) is 2. The van der Waals surface area contributed by atoms with Crippen molar-refractivity contribution >= 4 is 52.3 Å². The van der Waals surface area contributed by atoms with Crippen molar-refractivity contribution in [2.45, 2.75) is 25.2 Å². The minimum Gasteiger partial charge on any atom is -0.497 e. The largest absolute Gasteiger partial charge is 0.497 e. The zero-order valence-corrected chi connectivity index (χ0v) is 20.6. The third-order valence-corrected chi connectivity index (χ3v) is 7.51. The fourth-order valence-corrected chi connectivity index (χ4v) is 5.41. The van der Waals surface area contributed by atoms with Crippen LogP contribution in [0.5, 0.6) is 5.75 Å². The molecule has 0 saturated heterocycles. The number of anilines is 1. The van der Waals surface area contributed by atoms with E-state index in [0.717, 1.165) is 12.1 Å². The van der Waals surface area contributed by atoms with Gasteiger partial charge in [-0.05, 0) is 36.6 Å². The van der Waals surface area contributed by atoms with Crippen LogP contribution >= 0.6 is 35.0 Å². The highest BCUT2D eigenvalue weighted by molar-refractivity contribution is 8.03. The Balaban J connectivity index is 1.63. The van der Waals surface area contributed by atoms with Gasteiger partial charge in [0, 0.05) is 29.4 Å². The summed E-state index contributed by atoms with van der Waals surface area (Å²) in [6, 6.07) is 14.5. The number of allylic oxidation sites excluding steroid dienone is 3. The van der Waals surface area contributed by atoms with Crippen LogP contribution in [0.2, 0.25) is 10.0 Å². The Labute approximate surface area is 212 Å². The van der Waals surface area contributed by atoms with Crippen LogP contribution in [0.15, 0.2) is 64.3 Å². The number of hydrogen-bond donors (Lipinski definition) is 2. The van der Waals surface area contributed by atoms with E-state index in [1.807, 2.05) is 0 Å². The molecule has 0 unspecified atom stereocenters. The maximum atomic E-state index is 12.9. The molecule has 6 nitrogen and oxygen atoms in total. The Morgan fingerprint density at radius 3 is 2.82 bits per heavy atom. The third kappa shape index (κ3) is 4.95. The molecule has 0 spiro atoms. The van der Waals surface area contributed by atoms with E-state index in [4.69, 9.17) is 27.9 Å². The summed E-state index contributed by atoms with van der Waals surface area (Å²) in [6.45, 7) is 0. The first-order valence-corrected chi connectivity index (χ1v) is 12.3. The van der Waals surface area contributed by atoms with E-state index in [0.29, 0.717) is 56.1 Å². The molecule has 2 aromatic rings. The fraction of sp³-hybridized carbons (Fsp3) is 0.240. The van der Waals surface area contributed by atoms with Crippen molar-refractivity contribution in [2.24, 2.45) is 0 Å².